The summed E-state index contributed by atoms with van der Waals surface area (Å²) in [6.07, 6.45) is 0. The Hall–Kier alpha value is -3.12. The molecule has 0 fully saturated rings. The van der Waals surface area contributed by atoms with Gasteiger partial charge in [-0.15, -0.1) is 0 Å². The Morgan fingerprint density at radius 3 is 0.471 bits per heavy atom. The van der Waals surface area contributed by atoms with Gasteiger partial charge < -0.3 is 0 Å². The summed E-state index contributed by atoms with van der Waals surface area (Å²) in [6, 6.07) is 34.5. The molecule has 0 atom stereocenters. The molecule has 0 aromatic heterocycles. The summed E-state index contributed by atoms with van der Waals surface area (Å²) >= 11 is 0. The highest BCUT2D eigenvalue weighted by Gasteiger charge is 1.96. The minimum atomic E-state index is 1.29. The molecule has 0 heteroatoms. The van der Waals surface area contributed by atoms with Crippen molar-refractivity contribution in [2.75, 3.05) is 0 Å². The van der Waals surface area contributed by atoms with Crippen LogP contribution in [0.15, 0.2) is 97.1 Å². The zero-order chi connectivity index (χ0) is 25.9. The summed E-state index contributed by atoms with van der Waals surface area (Å²) in [5, 5.41) is 0. The van der Waals surface area contributed by atoms with Gasteiger partial charge in [-0.1, -0.05) is 161 Å². The van der Waals surface area contributed by atoms with Gasteiger partial charge in [0.2, 0.25) is 0 Å². The van der Waals surface area contributed by atoms with Gasteiger partial charge in [-0.3, -0.25) is 0 Å². The molecule has 0 aliphatic heterocycles. The molecule has 0 saturated carbocycles. The van der Waals surface area contributed by atoms with Gasteiger partial charge in [0.05, 0.1) is 0 Å². The van der Waals surface area contributed by atoms with Crippen LogP contribution in [0.25, 0.3) is 22.3 Å². The summed E-state index contributed by atoms with van der Waals surface area (Å²) in [4.78, 5) is 0. The molecule has 4 aromatic rings. The van der Waals surface area contributed by atoms with Gasteiger partial charge in [-0.05, 0) is 49.9 Å². The summed E-state index contributed by atoms with van der Waals surface area (Å²) in [5.41, 5.74) is 10.4. The lowest BCUT2D eigenvalue weighted by Crippen LogP contribution is -1.78. The van der Waals surface area contributed by atoms with Gasteiger partial charge in [0.25, 0.3) is 0 Å². The van der Waals surface area contributed by atoms with Gasteiger partial charge in [-0.2, -0.15) is 0 Å². The first kappa shape index (κ1) is 30.9. The van der Waals surface area contributed by atoms with E-state index in [1.807, 2.05) is 41.5 Å². The molecule has 34 heavy (non-hydrogen) atoms. The van der Waals surface area contributed by atoms with Crippen LogP contribution in [0.2, 0.25) is 0 Å². The number of hydrogen-bond acceptors (Lipinski definition) is 0. The van der Waals surface area contributed by atoms with Crippen LogP contribution in [-0.4, -0.2) is 0 Å². The van der Waals surface area contributed by atoms with Crippen molar-refractivity contribution in [1.82, 2.24) is 0 Å². The highest BCUT2D eigenvalue weighted by Crippen LogP contribution is 2.20. The van der Waals surface area contributed by atoms with Crippen LogP contribution in [0.5, 0.6) is 0 Å². The van der Waals surface area contributed by atoms with E-state index in [1.165, 1.54) is 44.5 Å². The molecule has 0 bridgehead atoms. The molecule has 0 aliphatic rings. The predicted molar refractivity (Wildman–Crippen MR) is 157 cm³/mol. The molecule has 0 unspecified atom stereocenters. The van der Waals surface area contributed by atoms with Crippen molar-refractivity contribution in [3.05, 3.63) is 119 Å². The van der Waals surface area contributed by atoms with Crippen LogP contribution in [0.3, 0.4) is 0 Å². The Bertz CT molecular complexity index is 814. The van der Waals surface area contributed by atoms with Crippen molar-refractivity contribution in [2.45, 2.75) is 69.2 Å². The Morgan fingerprint density at radius 2 is 0.353 bits per heavy atom. The number of rotatable bonds is 2. The maximum absolute atomic E-state index is 2.17. The van der Waals surface area contributed by atoms with E-state index in [0.29, 0.717) is 0 Å². The SMILES string of the molecule is CC.CC.CC.Cc1ccc(-c2ccc(C)cc2)cc1.Cc1ccc(-c2ccc(C)cc2)cc1. The molecule has 0 amide bonds. The fourth-order valence-electron chi connectivity index (χ4n) is 2.98. The van der Waals surface area contributed by atoms with Crippen LogP contribution in [0.4, 0.5) is 0 Å². The normalized spacial score (nSPS) is 8.88. The maximum Gasteiger partial charge on any atom is -0.0184 e. The molecular formula is C34H46. The molecule has 0 spiro atoms. The third-order valence-electron chi connectivity index (χ3n) is 4.87. The van der Waals surface area contributed by atoms with E-state index in [9.17, 15) is 0 Å². The van der Waals surface area contributed by atoms with E-state index in [0.717, 1.165) is 0 Å². The average molecular weight is 455 g/mol. The van der Waals surface area contributed by atoms with Crippen molar-refractivity contribution in [1.29, 1.82) is 0 Å². The second-order valence-corrected chi connectivity index (χ2v) is 7.46. The monoisotopic (exact) mass is 454 g/mol. The number of hydrogen-bond donors (Lipinski definition) is 0. The summed E-state index contributed by atoms with van der Waals surface area (Å²) < 4.78 is 0. The smallest absolute Gasteiger partial charge is 0.0184 e. The van der Waals surface area contributed by atoms with Crippen molar-refractivity contribution in [2.24, 2.45) is 0 Å². The van der Waals surface area contributed by atoms with E-state index >= 15 is 0 Å². The molecule has 0 saturated heterocycles. The molecule has 0 radical (unpaired) electrons. The zero-order valence-electron chi connectivity index (χ0n) is 23.2. The number of aryl methyl sites for hydroxylation is 4. The van der Waals surface area contributed by atoms with Crippen LogP contribution in [0, 0.1) is 27.7 Å². The Kier molecular flexibility index (Phi) is 16.6. The Morgan fingerprint density at radius 1 is 0.235 bits per heavy atom. The van der Waals surface area contributed by atoms with Crippen LogP contribution >= 0.6 is 0 Å². The third-order valence-corrected chi connectivity index (χ3v) is 4.87. The van der Waals surface area contributed by atoms with E-state index in [4.69, 9.17) is 0 Å². The van der Waals surface area contributed by atoms with E-state index < -0.39 is 0 Å². The fourth-order valence-corrected chi connectivity index (χ4v) is 2.98. The van der Waals surface area contributed by atoms with E-state index in [1.54, 1.807) is 0 Å². The van der Waals surface area contributed by atoms with Crippen LogP contribution in [-0.2, 0) is 0 Å². The lowest BCUT2D eigenvalue weighted by atomic mass is 10.0. The fraction of sp³-hybridized carbons (Fsp3) is 0.294. The quantitative estimate of drug-likeness (QED) is 0.282. The highest BCUT2D eigenvalue weighted by molar-refractivity contribution is 5.64. The van der Waals surface area contributed by atoms with Crippen LogP contribution in [0.1, 0.15) is 63.8 Å². The van der Waals surface area contributed by atoms with E-state index in [2.05, 4.69) is 125 Å². The molecule has 0 N–H and O–H groups in total. The summed E-state index contributed by atoms with van der Waals surface area (Å²) in [5.74, 6) is 0. The molecule has 0 heterocycles. The topological polar surface area (TPSA) is 0 Å². The van der Waals surface area contributed by atoms with Crippen molar-refractivity contribution >= 4 is 0 Å². The molecule has 4 rings (SSSR count). The predicted octanol–water partition coefficient (Wildman–Crippen LogP) is 11.0. The molecule has 182 valence electrons. The third kappa shape index (κ3) is 11.1. The number of benzene rings is 4. The van der Waals surface area contributed by atoms with Crippen molar-refractivity contribution in [3.63, 3.8) is 0 Å². The van der Waals surface area contributed by atoms with Gasteiger partial charge in [-0.25, -0.2) is 0 Å². The first-order valence-corrected chi connectivity index (χ1v) is 12.8. The lowest BCUT2D eigenvalue weighted by Gasteiger charge is -2.02. The minimum absolute atomic E-state index is 1.29. The average Bonchev–Trinajstić information content (AvgIpc) is 2.90. The van der Waals surface area contributed by atoms with Crippen molar-refractivity contribution < 1.29 is 0 Å². The highest BCUT2D eigenvalue weighted by atomic mass is 14.0. The van der Waals surface area contributed by atoms with Gasteiger partial charge in [0.15, 0.2) is 0 Å². The summed E-state index contributed by atoms with van der Waals surface area (Å²) in [7, 11) is 0. The van der Waals surface area contributed by atoms with Crippen LogP contribution < -0.4 is 0 Å². The Labute approximate surface area is 210 Å². The zero-order valence-corrected chi connectivity index (χ0v) is 23.2. The van der Waals surface area contributed by atoms with Gasteiger partial charge in [0.1, 0.15) is 0 Å². The maximum atomic E-state index is 2.17. The van der Waals surface area contributed by atoms with E-state index in [-0.39, 0.29) is 0 Å². The second-order valence-electron chi connectivity index (χ2n) is 7.46. The second kappa shape index (κ2) is 18.3. The molecule has 0 nitrogen and oxygen atoms in total. The first-order valence-electron chi connectivity index (χ1n) is 12.8. The molecular weight excluding hydrogens is 408 g/mol. The molecule has 4 aromatic carbocycles. The largest absolute Gasteiger partial charge is 0.0683 e. The minimum Gasteiger partial charge on any atom is -0.0683 e. The summed E-state index contributed by atoms with van der Waals surface area (Å²) in [6.45, 7) is 20.4. The molecule has 0 aliphatic carbocycles. The van der Waals surface area contributed by atoms with Gasteiger partial charge in [0, 0.05) is 0 Å². The first-order chi connectivity index (χ1) is 16.5. The van der Waals surface area contributed by atoms with Gasteiger partial charge >= 0.3 is 0 Å². The lowest BCUT2D eigenvalue weighted by molar-refractivity contribution is 1.45. The Balaban J connectivity index is 0.000000526. The standard InChI is InChI=1S/2C14H14.3C2H6/c2*1-11-3-7-13(8-4-11)14-9-5-12(2)6-10-14;3*1-2/h2*3-10H,1-2H3;3*1-2H3. The van der Waals surface area contributed by atoms with Crippen molar-refractivity contribution in [3.8, 4) is 22.3 Å².